The normalized spacial score (nSPS) is 10.9. The molecule has 154 valence electrons. The van der Waals surface area contributed by atoms with Gasteiger partial charge >= 0.3 is 0 Å². The quantitative estimate of drug-likeness (QED) is 0.489. The zero-order valence-corrected chi connectivity index (χ0v) is 16.9. The summed E-state index contributed by atoms with van der Waals surface area (Å²) in [5, 5.41) is 4.21. The first-order valence-electron chi connectivity index (χ1n) is 8.91. The summed E-state index contributed by atoms with van der Waals surface area (Å²) < 4.78 is 39.6. The van der Waals surface area contributed by atoms with Crippen LogP contribution in [0.25, 0.3) is 16.2 Å². The zero-order chi connectivity index (χ0) is 21.3. The number of halogens is 2. The number of imidazole rings is 1. The van der Waals surface area contributed by atoms with Gasteiger partial charge in [-0.25, -0.2) is 13.8 Å². The lowest BCUT2D eigenvalue weighted by Gasteiger charge is -2.08. The molecule has 0 fully saturated rings. The number of nitrogens with zero attached hydrogens (tertiary/aromatic N) is 2. The van der Waals surface area contributed by atoms with Gasteiger partial charge in [0.15, 0.2) is 4.96 Å². The van der Waals surface area contributed by atoms with Crippen LogP contribution < -0.4 is 14.8 Å². The molecule has 0 atom stereocenters. The van der Waals surface area contributed by atoms with Crippen molar-refractivity contribution in [1.82, 2.24) is 9.38 Å². The molecule has 0 saturated heterocycles. The fourth-order valence-electron chi connectivity index (χ4n) is 3.05. The number of nitrogens with one attached hydrogen (secondary N) is 1. The number of ether oxygens (including phenoxy) is 2. The molecule has 2 aromatic carbocycles. The number of methoxy groups -OCH3 is 2. The molecule has 0 aliphatic carbocycles. The minimum atomic E-state index is -0.699. The first-order valence-corrected chi connectivity index (χ1v) is 9.79. The Labute approximate surface area is 174 Å². The lowest BCUT2D eigenvalue weighted by Crippen LogP contribution is -2.16. The minimum absolute atomic E-state index is 0.0268. The first kappa shape index (κ1) is 19.8. The maximum atomic E-state index is 13.8. The van der Waals surface area contributed by atoms with Crippen molar-refractivity contribution in [2.45, 2.75) is 6.42 Å². The first-order chi connectivity index (χ1) is 14.5. The SMILES string of the molecule is COc1ccc(OC)c(-c2cn3c(CC(=O)Nc4cc(F)ccc4F)csc3n2)c1. The molecule has 0 aliphatic rings. The number of benzene rings is 2. The molecule has 9 heteroatoms. The molecule has 2 aromatic heterocycles. The number of thiazole rings is 1. The number of fused-ring (bicyclic) bond motifs is 1. The molecule has 0 aliphatic heterocycles. The van der Waals surface area contributed by atoms with E-state index in [-0.39, 0.29) is 12.1 Å². The predicted octanol–water partition coefficient (Wildman–Crippen LogP) is 4.54. The van der Waals surface area contributed by atoms with Crippen LogP contribution in [0.15, 0.2) is 48.0 Å². The Morgan fingerprint density at radius 1 is 1.17 bits per heavy atom. The molecule has 2 heterocycles. The minimum Gasteiger partial charge on any atom is -0.497 e. The van der Waals surface area contributed by atoms with Crippen molar-refractivity contribution in [3.8, 4) is 22.8 Å². The van der Waals surface area contributed by atoms with Gasteiger partial charge < -0.3 is 14.8 Å². The molecule has 0 bridgehead atoms. The van der Waals surface area contributed by atoms with E-state index in [1.165, 1.54) is 11.3 Å². The molecular weight excluding hydrogens is 412 g/mol. The molecule has 1 amide bonds. The number of hydrogen-bond acceptors (Lipinski definition) is 5. The van der Waals surface area contributed by atoms with Crippen LogP contribution in [-0.4, -0.2) is 29.5 Å². The number of amides is 1. The third-order valence-electron chi connectivity index (χ3n) is 4.51. The summed E-state index contributed by atoms with van der Waals surface area (Å²) in [5.41, 5.74) is 1.89. The second kappa shape index (κ2) is 8.11. The number of carbonyl (C=O) groups is 1. The fraction of sp³-hybridized carbons (Fsp3) is 0.143. The monoisotopic (exact) mass is 429 g/mol. The maximum absolute atomic E-state index is 13.8. The largest absolute Gasteiger partial charge is 0.497 e. The second-order valence-corrected chi connectivity index (χ2v) is 7.26. The van der Waals surface area contributed by atoms with Gasteiger partial charge in [-0.2, -0.15) is 0 Å². The van der Waals surface area contributed by atoms with Gasteiger partial charge in [-0.15, -0.1) is 11.3 Å². The van der Waals surface area contributed by atoms with E-state index in [0.29, 0.717) is 27.8 Å². The molecule has 0 spiro atoms. The second-order valence-electron chi connectivity index (χ2n) is 6.42. The molecular formula is C21H17F2N3O3S. The Kier molecular flexibility index (Phi) is 5.37. The Balaban J connectivity index is 1.61. The van der Waals surface area contributed by atoms with Gasteiger partial charge in [0.05, 0.1) is 32.0 Å². The molecule has 0 radical (unpaired) electrons. The molecule has 0 saturated carbocycles. The third-order valence-corrected chi connectivity index (χ3v) is 5.40. The highest BCUT2D eigenvalue weighted by molar-refractivity contribution is 7.15. The van der Waals surface area contributed by atoms with Gasteiger partial charge in [0, 0.05) is 28.9 Å². The topological polar surface area (TPSA) is 64.9 Å². The van der Waals surface area contributed by atoms with E-state index in [2.05, 4.69) is 10.3 Å². The van der Waals surface area contributed by atoms with Gasteiger partial charge in [-0.05, 0) is 30.3 Å². The molecule has 6 nitrogen and oxygen atoms in total. The molecule has 30 heavy (non-hydrogen) atoms. The van der Waals surface area contributed by atoms with E-state index >= 15 is 0 Å². The highest BCUT2D eigenvalue weighted by Crippen LogP contribution is 2.34. The Morgan fingerprint density at radius 3 is 2.77 bits per heavy atom. The summed E-state index contributed by atoms with van der Waals surface area (Å²) >= 11 is 1.37. The lowest BCUT2D eigenvalue weighted by molar-refractivity contribution is -0.115. The van der Waals surface area contributed by atoms with Crippen molar-refractivity contribution >= 4 is 27.9 Å². The third kappa shape index (κ3) is 3.84. The average molecular weight is 429 g/mol. The lowest BCUT2D eigenvalue weighted by atomic mass is 10.1. The van der Waals surface area contributed by atoms with Gasteiger partial charge in [-0.1, -0.05) is 0 Å². The summed E-state index contributed by atoms with van der Waals surface area (Å²) in [6, 6.07) is 8.32. The highest BCUT2D eigenvalue weighted by Gasteiger charge is 2.16. The van der Waals surface area contributed by atoms with Crippen molar-refractivity contribution in [3.05, 3.63) is 65.3 Å². The van der Waals surface area contributed by atoms with Gasteiger partial charge in [0.1, 0.15) is 23.1 Å². The standard InChI is InChI=1S/C21H17F2N3O3S/c1-28-14-4-6-19(29-2)15(9-14)18-10-26-13(11-30-21(26)25-18)8-20(27)24-17-7-12(22)3-5-16(17)23/h3-7,9-11H,8H2,1-2H3,(H,24,27). The smallest absolute Gasteiger partial charge is 0.230 e. The average Bonchev–Trinajstić information content (AvgIpc) is 3.32. The van der Waals surface area contributed by atoms with E-state index in [4.69, 9.17) is 9.47 Å². The van der Waals surface area contributed by atoms with E-state index < -0.39 is 17.5 Å². The molecule has 1 N–H and O–H groups in total. The van der Waals surface area contributed by atoms with Crippen LogP contribution in [0, 0.1) is 11.6 Å². The maximum Gasteiger partial charge on any atom is 0.230 e. The summed E-state index contributed by atoms with van der Waals surface area (Å²) in [6.45, 7) is 0. The number of anilines is 1. The van der Waals surface area contributed by atoms with Gasteiger partial charge in [0.2, 0.25) is 5.91 Å². The van der Waals surface area contributed by atoms with Crippen LogP contribution >= 0.6 is 11.3 Å². The summed E-state index contributed by atoms with van der Waals surface area (Å²) in [4.78, 5) is 17.7. The number of aromatic nitrogens is 2. The Hall–Kier alpha value is -3.46. The van der Waals surface area contributed by atoms with E-state index in [9.17, 15) is 13.6 Å². The van der Waals surface area contributed by atoms with Crippen molar-refractivity contribution in [3.63, 3.8) is 0 Å². The highest BCUT2D eigenvalue weighted by atomic mass is 32.1. The summed E-state index contributed by atoms with van der Waals surface area (Å²) in [6.07, 6.45) is 1.77. The van der Waals surface area contributed by atoms with Crippen molar-refractivity contribution < 1.29 is 23.0 Å². The van der Waals surface area contributed by atoms with Crippen LogP contribution in [0.1, 0.15) is 5.69 Å². The number of carbonyl (C=O) groups excluding carboxylic acids is 1. The van der Waals surface area contributed by atoms with E-state index in [1.54, 1.807) is 42.3 Å². The van der Waals surface area contributed by atoms with Gasteiger partial charge in [-0.3, -0.25) is 9.20 Å². The molecule has 4 rings (SSSR count). The van der Waals surface area contributed by atoms with Crippen LogP contribution in [0.4, 0.5) is 14.5 Å². The Morgan fingerprint density at radius 2 is 2.00 bits per heavy atom. The summed E-state index contributed by atoms with van der Waals surface area (Å²) in [5.74, 6) is -0.485. The van der Waals surface area contributed by atoms with Gasteiger partial charge in [0.25, 0.3) is 0 Å². The van der Waals surface area contributed by atoms with E-state index in [1.807, 2.05) is 6.07 Å². The van der Waals surface area contributed by atoms with Crippen LogP contribution in [0.5, 0.6) is 11.5 Å². The van der Waals surface area contributed by atoms with Crippen molar-refractivity contribution in [1.29, 1.82) is 0 Å². The zero-order valence-electron chi connectivity index (χ0n) is 16.1. The van der Waals surface area contributed by atoms with Crippen LogP contribution in [0.2, 0.25) is 0 Å². The fourth-order valence-corrected chi connectivity index (χ4v) is 3.93. The molecule has 0 unspecified atom stereocenters. The number of rotatable bonds is 6. The van der Waals surface area contributed by atoms with E-state index in [0.717, 1.165) is 23.8 Å². The van der Waals surface area contributed by atoms with Crippen LogP contribution in [-0.2, 0) is 11.2 Å². The number of hydrogen-bond donors (Lipinski definition) is 1. The molecule has 4 aromatic rings. The van der Waals surface area contributed by atoms with Crippen molar-refractivity contribution in [2.75, 3.05) is 19.5 Å². The van der Waals surface area contributed by atoms with Crippen molar-refractivity contribution in [2.24, 2.45) is 0 Å². The summed E-state index contributed by atoms with van der Waals surface area (Å²) in [7, 11) is 3.15. The Bertz CT molecular complexity index is 1240. The van der Waals surface area contributed by atoms with Crippen LogP contribution in [0.3, 0.4) is 0 Å². The predicted molar refractivity (Wildman–Crippen MR) is 110 cm³/mol.